The van der Waals surface area contributed by atoms with Gasteiger partial charge >= 0.3 is 0 Å². The quantitative estimate of drug-likeness (QED) is 0.625. The molecule has 1 aliphatic rings. The smallest absolute Gasteiger partial charge is 0.275 e. The largest absolute Gasteiger partial charge is 0.493 e. The average molecular weight is 413 g/mol. The lowest BCUT2D eigenvalue weighted by Crippen LogP contribution is -3.11. The van der Waals surface area contributed by atoms with Crippen LogP contribution >= 0.6 is 11.3 Å². The molecule has 0 spiro atoms. The van der Waals surface area contributed by atoms with Gasteiger partial charge in [0.2, 0.25) is 0 Å². The summed E-state index contributed by atoms with van der Waals surface area (Å²) in [6.07, 6.45) is 2.21. The van der Waals surface area contributed by atoms with E-state index in [4.69, 9.17) is 14.5 Å². The lowest BCUT2D eigenvalue weighted by atomic mass is 10.2. The summed E-state index contributed by atoms with van der Waals surface area (Å²) in [5.41, 5.74) is 2.03. The summed E-state index contributed by atoms with van der Waals surface area (Å²) in [6, 6.07) is 14.2. The van der Waals surface area contributed by atoms with Crippen molar-refractivity contribution in [2.24, 2.45) is 0 Å². The van der Waals surface area contributed by atoms with Crippen molar-refractivity contribution < 1.29 is 19.2 Å². The third-order valence-electron chi connectivity index (χ3n) is 5.42. The van der Waals surface area contributed by atoms with Gasteiger partial charge in [-0.05, 0) is 29.8 Å². The molecule has 1 fully saturated rings. The average Bonchev–Trinajstić information content (AvgIpc) is 3.38. The monoisotopic (exact) mass is 412 g/mol. The van der Waals surface area contributed by atoms with Crippen molar-refractivity contribution in [2.75, 3.05) is 27.3 Å². The number of hydrogen-bond donors (Lipinski definition) is 2. The summed E-state index contributed by atoms with van der Waals surface area (Å²) in [7, 11) is 3.22. The Bertz CT molecular complexity index is 971. The van der Waals surface area contributed by atoms with Crippen molar-refractivity contribution in [1.82, 2.24) is 10.3 Å². The summed E-state index contributed by atoms with van der Waals surface area (Å²) in [5.74, 6) is 1.41. The van der Waals surface area contributed by atoms with Crippen LogP contribution in [0.1, 0.15) is 29.5 Å². The number of fused-ring (bicyclic) bond motifs is 1. The van der Waals surface area contributed by atoms with E-state index >= 15 is 0 Å². The van der Waals surface area contributed by atoms with Crippen LogP contribution in [0.15, 0.2) is 42.5 Å². The van der Waals surface area contributed by atoms with Gasteiger partial charge < -0.3 is 19.7 Å². The van der Waals surface area contributed by atoms with Crippen molar-refractivity contribution >= 4 is 27.5 Å². The number of methoxy groups -OCH3 is 2. The standard InChI is InChI=1S/C22H25N3O3S/c1-27-18-10-9-15(12-19(18)28-2)13-23-21(26)14-25-11-5-7-17(25)22-24-16-6-3-4-8-20(16)29-22/h3-4,6,8-10,12,17H,5,7,11,13-14H2,1-2H3,(H,23,26)/p+1/t17-/m1/s1. The highest BCUT2D eigenvalue weighted by atomic mass is 32.1. The van der Waals surface area contributed by atoms with E-state index in [-0.39, 0.29) is 5.91 Å². The number of likely N-dealkylation sites (tertiary alicyclic amines) is 1. The minimum absolute atomic E-state index is 0.0581. The van der Waals surface area contributed by atoms with Crippen LogP contribution in [0.2, 0.25) is 0 Å². The van der Waals surface area contributed by atoms with Crippen molar-refractivity contribution in [3.8, 4) is 11.5 Å². The Kier molecular flexibility index (Phi) is 5.97. The van der Waals surface area contributed by atoms with Gasteiger partial charge in [0.05, 0.1) is 31.0 Å². The molecular formula is C22H26N3O3S+. The van der Waals surface area contributed by atoms with Crippen LogP contribution in [-0.2, 0) is 11.3 Å². The summed E-state index contributed by atoms with van der Waals surface area (Å²) >= 11 is 1.75. The van der Waals surface area contributed by atoms with Gasteiger partial charge in [-0.1, -0.05) is 18.2 Å². The number of thiazole rings is 1. The Labute approximate surface area is 174 Å². The number of ether oxygens (including phenoxy) is 2. The fourth-order valence-electron chi connectivity index (χ4n) is 3.92. The van der Waals surface area contributed by atoms with E-state index in [1.54, 1.807) is 25.6 Å². The molecule has 1 unspecified atom stereocenters. The van der Waals surface area contributed by atoms with Crippen LogP contribution in [0.3, 0.4) is 0 Å². The van der Waals surface area contributed by atoms with Crippen molar-refractivity contribution in [2.45, 2.75) is 25.4 Å². The summed E-state index contributed by atoms with van der Waals surface area (Å²) < 4.78 is 11.8. The first-order valence-electron chi connectivity index (χ1n) is 9.85. The molecule has 0 aliphatic carbocycles. The fourth-order valence-corrected chi connectivity index (χ4v) is 5.08. The zero-order valence-corrected chi connectivity index (χ0v) is 17.6. The van der Waals surface area contributed by atoms with E-state index in [0.29, 0.717) is 30.6 Å². The highest BCUT2D eigenvalue weighted by Gasteiger charge is 2.33. The normalized spacial score (nSPS) is 18.7. The van der Waals surface area contributed by atoms with Gasteiger partial charge in [0.1, 0.15) is 6.04 Å². The molecule has 0 radical (unpaired) electrons. The summed E-state index contributed by atoms with van der Waals surface area (Å²) in [4.78, 5) is 18.7. The summed E-state index contributed by atoms with van der Waals surface area (Å²) in [6.45, 7) is 1.94. The molecule has 1 aromatic heterocycles. The number of para-hydroxylation sites is 1. The number of nitrogens with one attached hydrogen (secondary N) is 2. The molecule has 152 valence electrons. The van der Waals surface area contributed by atoms with Gasteiger partial charge in [-0.2, -0.15) is 0 Å². The van der Waals surface area contributed by atoms with Crippen molar-refractivity contribution in [1.29, 1.82) is 0 Å². The number of carbonyl (C=O) groups excluding carboxylic acids is 1. The van der Waals surface area contributed by atoms with Gasteiger partial charge in [-0.25, -0.2) is 4.98 Å². The van der Waals surface area contributed by atoms with Gasteiger partial charge in [-0.15, -0.1) is 11.3 Å². The minimum atomic E-state index is 0.0581. The van der Waals surface area contributed by atoms with Crippen LogP contribution in [0.25, 0.3) is 10.2 Å². The van der Waals surface area contributed by atoms with E-state index in [1.807, 2.05) is 30.3 Å². The van der Waals surface area contributed by atoms with Crippen LogP contribution in [0, 0.1) is 0 Å². The van der Waals surface area contributed by atoms with Gasteiger partial charge in [0.15, 0.2) is 23.1 Å². The zero-order valence-electron chi connectivity index (χ0n) is 16.7. The molecule has 4 rings (SSSR count). The number of benzene rings is 2. The minimum Gasteiger partial charge on any atom is -0.493 e. The topological polar surface area (TPSA) is 64.9 Å². The fraction of sp³-hybridized carbons (Fsp3) is 0.364. The number of aromatic nitrogens is 1. The third kappa shape index (κ3) is 4.36. The second-order valence-electron chi connectivity index (χ2n) is 7.27. The van der Waals surface area contributed by atoms with Crippen LogP contribution in [0.5, 0.6) is 11.5 Å². The number of carbonyl (C=O) groups is 1. The molecule has 2 atom stereocenters. The van der Waals surface area contributed by atoms with E-state index in [0.717, 1.165) is 35.5 Å². The van der Waals surface area contributed by atoms with Gasteiger partial charge in [0.25, 0.3) is 5.91 Å². The molecule has 6 nitrogen and oxygen atoms in total. The van der Waals surface area contributed by atoms with E-state index in [1.165, 1.54) is 9.60 Å². The molecule has 2 heterocycles. The molecule has 1 saturated heterocycles. The van der Waals surface area contributed by atoms with Crippen molar-refractivity contribution in [3.63, 3.8) is 0 Å². The molecule has 1 amide bonds. The van der Waals surface area contributed by atoms with E-state index in [2.05, 4.69) is 17.4 Å². The van der Waals surface area contributed by atoms with Crippen LogP contribution < -0.4 is 19.7 Å². The lowest BCUT2D eigenvalue weighted by Gasteiger charge is -2.19. The SMILES string of the molecule is COc1ccc(CNC(=O)C[NH+]2CCC[C@@H]2c2nc3ccccc3s2)cc1OC. The van der Waals surface area contributed by atoms with E-state index < -0.39 is 0 Å². The number of rotatable bonds is 7. The Hall–Kier alpha value is -2.64. The lowest BCUT2D eigenvalue weighted by molar-refractivity contribution is -0.910. The predicted molar refractivity (Wildman–Crippen MR) is 114 cm³/mol. The Morgan fingerprint density at radius 1 is 1.21 bits per heavy atom. The maximum absolute atomic E-state index is 12.6. The third-order valence-corrected chi connectivity index (χ3v) is 6.57. The first kappa shape index (κ1) is 19.7. The molecule has 0 saturated carbocycles. The Balaban J connectivity index is 1.37. The second-order valence-corrected chi connectivity index (χ2v) is 8.33. The molecule has 3 aromatic rings. The molecule has 29 heavy (non-hydrogen) atoms. The van der Waals surface area contributed by atoms with Crippen molar-refractivity contribution in [3.05, 3.63) is 53.0 Å². The maximum Gasteiger partial charge on any atom is 0.275 e. The van der Waals surface area contributed by atoms with Crippen LogP contribution in [-0.4, -0.2) is 38.2 Å². The van der Waals surface area contributed by atoms with Gasteiger partial charge in [0, 0.05) is 19.4 Å². The first-order valence-corrected chi connectivity index (χ1v) is 10.7. The first-order chi connectivity index (χ1) is 14.2. The van der Waals surface area contributed by atoms with Gasteiger partial charge in [-0.3, -0.25) is 4.79 Å². The Morgan fingerprint density at radius 3 is 2.83 bits per heavy atom. The molecular weight excluding hydrogens is 386 g/mol. The number of hydrogen-bond acceptors (Lipinski definition) is 5. The molecule has 7 heteroatoms. The molecule has 2 aromatic carbocycles. The second kappa shape index (κ2) is 8.80. The number of amides is 1. The summed E-state index contributed by atoms with van der Waals surface area (Å²) in [5, 5.41) is 4.18. The van der Waals surface area contributed by atoms with Crippen LogP contribution in [0.4, 0.5) is 0 Å². The highest BCUT2D eigenvalue weighted by Crippen LogP contribution is 2.29. The van der Waals surface area contributed by atoms with E-state index in [9.17, 15) is 4.79 Å². The molecule has 2 N–H and O–H groups in total. The maximum atomic E-state index is 12.6. The predicted octanol–water partition coefficient (Wildman–Crippen LogP) is 2.35. The number of quaternary nitrogens is 1. The molecule has 1 aliphatic heterocycles. The Morgan fingerprint density at radius 2 is 2.03 bits per heavy atom. The highest BCUT2D eigenvalue weighted by molar-refractivity contribution is 7.18. The molecule has 0 bridgehead atoms. The zero-order chi connectivity index (χ0) is 20.2. The number of nitrogens with zero attached hydrogens (tertiary/aromatic N) is 1.